The van der Waals surface area contributed by atoms with Gasteiger partial charge in [-0.3, -0.25) is 0 Å². The number of benzene rings is 2. The Bertz CT molecular complexity index is 831. The first kappa shape index (κ1) is 16.2. The zero-order valence-corrected chi connectivity index (χ0v) is 13.5. The van der Waals surface area contributed by atoms with Crippen LogP contribution in [0.5, 0.6) is 11.5 Å². The molecule has 0 saturated heterocycles. The van der Waals surface area contributed by atoms with Crippen LogP contribution < -0.4 is 8.92 Å². The lowest BCUT2D eigenvalue weighted by molar-refractivity contribution is 0.415. The number of methoxy groups -OCH3 is 1. The van der Waals surface area contributed by atoms with E-state index in [1.807, 2.05) is 24.3 Å². The summed E-state index contributed by atoms with van der Waals surface area (Å²) in [7, 11) is -2.01. The molecule has 0 saturated carbocycles. The van der Waals surface area contributed by atoms with Crippen LogP contribution in [0, 0.1) is 11.8 Å². The number of hydrogen-bond acceptors (Lipinski definition) is 4. The standard InChI is InChI=1S/C16H13ClO4S/c1-20-14-8-5-12(6-9-14)3-4-13-7-10-16(15(17)11-13)21-22(2,18)19/h5-11H,1-2H3. The summed E-state index contributed by atoms with van der Waals surface area (Å²) in [4.78, 5) is 0. The van der Waals surface area contributed by atoms with Crippen LogP contribution in [0.3, 0.4) is 0 Å². The zero-order chi connectivity index (χ0) is 16.2. The number of halogens is 1. The summed E-state index contributed by atoms with van der Waals surface area (Å²) in [6, 6.07) is 12.0. The maximum absolute atomic E-state index is 11.1. The first-order valence-corrected chi connectivity index (χ1v) is 8.42. The van der Waals surface area contributed by atoms with Crippen molar-refractivity contribution >= 4 is 21.7 Å². The minimum atomic E-state index is -3.61. The van der Waals surface area contributed by atoms with Gasteiger partial charge in [-0.25, -0.2) is 0 Å². The second kappa shape index (κ2) is 6.73. The van der Waals surface area contributed by atoms with E-state index in [1.54, 1.807) is 19.2 Å². The summed E-state index contributed by atoms with van der Waals surface area (Å²) >= 11 is 5.98. The summed E-state index contributed by atoms with van der Waals surface area (Å²) in [5.74, 6) is 6.78. The Morgan fingerprint density at radius 1 is 1.00 bits per heavy atom. The Balaban J connectivity index is 2.20. The average Bonchev–Trinajstić information content (AvgIpc) is 2.47. The van der Waals surface area contributed by atoms with Crippen LogP contribution in [0.15, 0.2) is 42.5 Å². The second-order valence-electron chi connectivity index (χ2n) is 4.41. The van der Waals surface area contributed by atoms with Crippen LogP contribution in [-0.4, -0.2) is 21.8 Å². The quantitative estimate of drug-likeness (QED) is 0.638. The van der Waals surface area contributed by atoms with Crippen molar-refractivity contribution in [2.45, 2.75) is 0 Å². The van der Waals surface area contributed by atoms with Crippen LogP contribution in [-0.2, 0) is 10.1 Å². The van der Waals surface area contributed by atoms with Gasteiger partial charge in [0.2, 0.25) is 0 Å². The van der Waals surface area contributed by atoms with Gasteiger partial charge in [-0.05, 0) is 42.5 Å². The van der Waals surface area contributed by atoms with Gasteiger partial charge in [-0.15, -0.1) is 0 Å². The van der Waals surface area contributed by atoms with Crippen molar-refractivity contribution in [1.82, 2.24) is 0 Å². The lowest BCUT2D eigenvalue weighted by atomic mass is 10.2. The Kier molecular flexibility index (Phi) is 4.96. The molecule has 0 N–H and O–H groups in total. The van der Waals surface area contributed by atoms with Gasteiger partial charge in [-0.2, -0.15) is 8.42 Å². The first-order chi connectivity index (χ1) is 10.4. The van der Waals surface area contributed by atoms with Gasteiger partial charge >= 0.3 is 10.1 Å². The highest BCUT2D eigenvalue weighted by molar-refractivity contribution is 7.86. The van der Waals surface area contributed by atoms with Crippen LogP contribution >= 0.6 is 11.6 Å². The van der Waals surface area contributed by atoms with Gasteiger partial charge in [0.15, 0.2) is 5.75 Å². The average molecular weight is 337 g/mol. The molecule has 0 radical (unpaired) electrons. The molecule has 0 spiro atoms. The largest absolute Gasteiger partial charge is 0.497 e. The molecule has 2 aromatic rings. The normalized spacial score (nSPS) is 10.5. The number of rotatable bonds is 3. The minimum absolute atomic E-state index is 0.0826. The molecule has 0 atom stereocenters. The van der Waals surface area contributed by atoms with Gasteiger partial charge in [0.1, 0.15) is 5.75 Å². The molecular weight excluding hydrogens is 324 g/mol. The molecule has 6 heteroatoms. The summed E-state index contributed by atoms with van der Waals surface area (Å²) in [6.45, 7) is 0. The highest BCUT2D eigenvalue weighted by Gasteiger charge is 2.08. The van der Waals surface area contributed by atoms with E-state index in [-0.39, 0.29) is 10.8 Å². The maximum atomic E-state index is 11.1. The molecule has 2 aromatic carbocycles. The van der Waals surface area contributed by atoms with Crippen LogP contribution in [0.4, 0.5) is 0 Å². The van der Waals surface area contributed by atoms with Crippen molar-refractivity contribution < 1.29 is 17.3 Å². The summed E-state index contributed by atoms with van der Waals surface area (Å²) < 4.78 is 32.0. The molecule has 22 heavy (non-hydrogen) atoms. The third kappa shape index (κ3) is 4.69. The topological polar surface area (TPSA) is 52.6 Å². The minimum Gasteiger partial charge on any atom is -0.497 e. The molecule has 0 aliphatic rings. The van der Waals surface area contributed by atoms with E-state index < -0.39 is 10.1 Å². The summed E-state index contributed by atoms with van der Waals surface area (Å²) in [5, 5.41) is 0.187. The molecule has 0 bridgehead atoms. The molecule has 0 unspecified atom stereocenters. The Hall–Kier alpha value is -2.16. The third-order valence-electron chi connectivity index (χ3n) is 2.61. The lowest BCUT2D eigenvalue weighted by Crippen LogP contribution is -2.06. The van der Waals surface area contributed by atoms with Crippen molar-refractivity contribution in [2.75, 3.05) is 13.4 Å². The number of hydrogen-bond donors (Lipinski definition) is 0. The van der Waals surface area contributed by atoms with E-state index in [9.17, 15) is 8.42 Å². The molecular formula is C16H13ClO4S. The molecule has 0 aliphatic carbocycles. The van der Waals surface area contributed by atoms with Crippen molar-refractivity contribution in [3.05, 3.63) is 58.6 Å². The maximum Gasteiger partial charge on any atom is 0.306 e. The fourth-order valence-electron chi connectivity index (χ4n) is 1.63. The number of ether oxygens (including phenoxy) is 1. The van der Waals surface area contributed by atoms with Crippen molar-refractivity contribution in [3.63, 3.8) is 0 Å². The van der Waals surface area contributed by atoms with Gasteiger partial charge in [0.25, 0.3) is 0 Å². The molecule has 0 aromatic heterocycles. The van der Waals surface area contributed by atoms with E-state index in [1.165, 1.54) is 6.07 Å². The summed E-state index contributed by atoms with van der Waals surface area (Å²) in [5.41, 5.74) is 1.48. The molecule has 114 valence electrons. The van der Waals surface area contributed by atoms with Crippen LogP contribution in [0.25, 0.3) is 0 Å². The molecule has 4 nitrogen and oxygen atoms in total. The molecule has 0 fully saturated rings. The van der Waals surface area contributed by atoms with Gasteiger partial charge in [-0.1, -0.05) is 23.4 Å². The zero-order valence-electron chi connectivity index (χ0n) is 12.0. The first-order valence-electron chi connectivity index (χ1n) is 6.22. The van der Waals surface area contributed by atoms with Crippen LogP contribution in [0.2, 0.25) is 5.02 Å². The summed E-state index contributed by atoms with van der Waals surface area (Å²) in [6.07, 6.45) is 0.959. The molecule has 0 amide bonds. The van der Waals surface area contributed by atoms with Crippen molar-refractivity contribution in [1.29, 1.82) is 0 Å². The highest BCUT2D eigenvalue weighted by Crippen LogP contribution is 2.26. The van der Waals surface area contributed by atoms with Crippen molar-refractivity contribution in [3.8, 4) is 23.3 Å². The third-order valence-corrected chi connectivity index (χ3v) is 3.39. The van der Waals surface area contributed by atoms with Crippen LogP contribution in [0.1, 0.15) is 11.1 Å². The van der Waals surface area contributed by atoms with Gasteiger partial charge < -0.3 is 8.92 Å². The van der Waals surface area contributed by atoms with E-state index in [0.717, 1.165) is 17.6 Å². The second-order valence-corrected chi connectivity index (χ2v) is 6.39. The molecule has 0 aliphatic heterocycles. The Morgan fingerprint density at radius 3 is 2.14 bits per heavy atom. The monoisotopic (exact) mass is 336 g/mol. The fraction of sp³-hybridized carbons (Fsp3) is 0.125. The fourth-order valence-corrected chi connectivity index (χ4v) is 2.36. The molecule has 0 heterocycles. The Labute approximate surface area is 134 Å². The van der Waals surface area contributed by atoms with Crippen molar-refractivity contribution in [2.24, 2.45) is 0 Å². The highest BCUT2D eigenvalue weighted by atomic mass is 35.5. The van der Waals surface area contributed by atoms with E-state index >= 15 is 0 Å². The van der Waals surface area contributed by atoms with E-state index in [2.05, 4.69) is 11.8 Å². The van der Waals surface area contributed by atoms with Gasteiger partial charge in [0.05, 0.1) is 18.4 Å². The van der Waals surface area contributed by atoms with E-state index in [4.69, 9.17) is 20.5 Å². The Morgan fingerprint density at radius 2 is 1.59 bits per heavy atom. The predicted octanol–water partition coefficient (Wildman–Crippen LogP) is 3.09. The predicted molar refractivity (Wildman–Crippen MR) is 85.9 cm³/mol. The SMILES string of the molecule is COc1ccc(C#Cc2ccc(OS(C)(=O)=O)c(Cl)c2)cc1. The van der Waals surface area contributed by atoms with Gasteiger partial charge in [0, 0.05) is 11.1 Å². The smallest absolute Gasteiger partial charge is 0.306 e. The lowest BCUT2D eigenvalue weighted by Gasteiger charge is -2.04. The van der Waals surface area contributed by atoms with E-state index in [0.29, 0.717) is 5.56 Å². The molecule has 2 rings (SSSR count).